The summed E-state index contributed by atoms with van der Waals surface area (Å²) in [4.78, 5) is 12.3. The van der Waals surface area contributed by atoms with E-state index in [9.17, 15) is 4.79 Å². The van der Waals surface area contributed by atoms with Crippen LogP contribution in [0.1, 0.15) is 64.2 Å². The second kappa shape index (κ2) is 7.13. The van der Waals surface area contributed by atoms with Crippen LogP contribution in [-0.2, 0) is 4.79 Å². The molecule has 1 unspecified atom stereocenters. The zero-order valence-corrected chi connectivity index (χ0v) is 11.5. The molecule has 104 valence electrons. The van der Waals surface area contributed by atoms with Gasteiger partial charge in [-0.25, -0.2) is 0 Å². The van der Waals surface area contributed by atoms with E-state index in [0.29, 0.717) is 12.5 Å². The van der Waals surface area contributed by atoms with Gasteiger partial charge in [-0.05, 0) is 31.6 Å². The van der Waals surface area contributed by atoms with Crippen LogP contribution in [0.15, 0.2) is 0 Å². The second-order valence-electron chi connectivity index (χ2n) is 6.08. The van der Waals surface area contributed by atoms with E-state index >= 15 is 0 Å². The maximum absolute atomic E-state index is 12.3. The van der Waals surface area contributed by atoms with E-state index in [2.05, 4.69) is 5.32 Å². The van der Waals surface area contributed by atoms with E-state index < -0.39 is 0 Å². The predicted octanol–water partition coefficient (Wildman–Crippen LogP) is 2.59. The van der Waals surface area contributed by atoms with Crippen molar-refractivity contribution in [2.75, 3.05) is 6.54 Å². The van der Waals surface area contributed by atoms with Crippen molar-refractivity contribution in [1.29, 1.82) is 0 Å². The largest absolute Gasteiger partial charge is 0.352 e. The highest BCUT2D eigenvalue weighted by molar-refractivity contribution is 5.79. The first kappa shape index (κ1) is 13.9. The van der Waals surface area contributed by atoms with Crippen LogP contribution in [0.25, 0.3) is 0 Å². The molecule has 0 heterocycles. The first-order chi connectivity index (χ1) is 8.81. The van der Waals surface area contributed by atoms with Gasteiger partial charge in [-0.15, -0.1) is 0 Å². The molecule has 2 aliphatic carbocycles. The Morgan fingerprint density at radius 3 is 2.11 bits per heavy atom. The maximum Gasteiger partial charge on any atom is 0.223 e. The van der Waals surface area contributed by atoms with Crippen molar-refractivity contribution in [1.82, 2.24) is 5.32 Å². The summed E-state index contributed by atoms with van der Waals surface area (Å²) in [7, 11) is 0. The van der Waals surface area contributed by atoms with Gasteiger partial charge in [-0.1, -0.05) is 38.5 Å². The third-order valence-electron chi connectivity index (χ3n) is 4.78. The lowest BCUT2D eigenvalue weighted by molar-refractivity contribution is -0.126. The molecule has 0 bridgehead atoms. The normalized spacial score (nSPS) is 24.7. The quantitative estimate of drug-likeness (QED) is 0.756. The number of hydrogen-bond donors (Lipinski definition) is 2. The van der Waals surface area contributed by atoms with Gasteiger partial charge in [0.25, 0.3) is 0 Å². The van der Waals surface area contributed by atoms with Crippen LogP contribution in [0.2, 0.25) is 0 Å². The molecule has 3 N–H and O–H groups in total. The fraction of sp³-hybridized carbons (Fsp3) is 0.933. The van der Waals surface area contributed by atoms with Gasteiger partial charge in [-0.3, -0.25) is 4.79 Å². The molecular weight excluding hydrogens is 224 g/mol. The van der Waals surface area contributed by atoms with Crippen molar-refractivity contribution >= 4 is 5.91 Å². The standard InChI is InChI=1S/C15H28N2O/c16-11-14(12-7-5-6-8-12)17-15(18)13-9-3-1-2-4-10-13/h12-14H,1-11,16H2,(H,17,18). The molecule has 0 aromatic rings. The first-order valence-corrected chi connectivity index (χ1v) is 7.81. The van der Waals surface area contributed by atoms with Gasteiger partial charge in [0, 0.05) is 18.5 Å². The Hall–Kier alpha value is -0.570. The molecule has 2 rings (SSSR count). The maximum atomic E-state index is 12.3. The average molecular weight is 252 g/mol. The third kappa shape index (κ3) is 3.71. The molecule has 18 heavy (non-hydrogen) atoms. The lowest BCUT2D eigenvalue weighted by atomic mass is 9.95. The molecule has 1 atom stereocenters. The summed E-state index contributed by atoms with van der Waals surface area (Å²) in [6.07, 6.45) is 12.3. The Kier molecular flexibility index (Phi) is 5.48. The molecule has 2 saturated carbocycles. The number of nitrogens with two attached hydrogens (primary N) is 1. The zero-order chi connectivity index (χ0) is 12.8. The summed E-state index contributed by atoms with van der Waals surface area (Å²) in [5.41, 5.74) is 5.85. The van der Waals surface area contributed by atoms with Crippen LogP contribution >= 0.6 is 0 Å². The van der Waals surface area contributed by atoms with Gasteiger partial charge in [-0.2, -0.15) is 0 Å². The fourth-order valence-corrected chi connectivity index (χ4v) is 3.57. The minimum Gasteiger partial charge on any atom is -0.352 e. The van der Waals surface area contributed by atoms with Crippen molar-refractivity contribution in [2.24, 2.45) is 17.6 Å². The van der Waals surface area contributed by atoms with Crippen LogP contribution in [-0.4, -0.2) is 18.5 Å². The topological polar surface area (TPSA) is 55.1 Å². The van der Waals surface area contributed by atoms with Crippen molar-refractivity contribution in [2.45, 2.75) is 70.3 Å². The van der Waals surface area contributed by atoms with Crippen molar-refractivity contribution in [3.8, 4) is 0 Å². The van der Waals surface area contributed by atoms with Gasteiger partial charge in [0.1, 0.15) is 0 Å². The number of carbonyl (C=O) groups excluding carboxylic acids is 1. The fourth-order valence-electron chi connectivity index (χ4n) is 3.57. The van der Waals surface area contributed by atoms with Crippen molar-refractivity contribution < 1.29 is 4.79 Å². The van der Waals surface area contributed by atoms with E-state index in [1.54, 1.807) is 0 Å². The number of nitrogens with one attached hydrogen (secondary N) is 1. The van der Waals surface area contributed by atoms with Gasteiger partial charge >= 0.3 is 0 Å². The molecule has 2 fully saturated rings. The molecule has 0 aliphatic heterocycles. The molecule has 0 saturated heterocycles. The minimum absolute atomic E-state index is 0.225. The highest BCUT2D eigenvalue weighted by Gasteiger charge is 2.28. The molecule has 0 spiro atoms. The molecule has 3 heteroatoms. The Bertz CT molecular complexity index is 253. The van der Waals surface area contributed by atoms with Crippen LogP contribution in [0.4, 0.5) is 0 Å². The summed E-state index contributed by atoms with van der Waals surface area (Å²) in [6, 6.07) is 0.225. The smallest absolute Gasteiger partial charge is 0.223 e. The summed E-state index contributed by atoms with van der Waals surface area (Å²) >= 11 is 0. The molecule has 3 nitrogen and oxygen atoms in total. The Balaban J connectivity index is 1.83. The van der Waals surface area contributed by atoms with Crippen LogP contribution in [0.5, 0.6) is 0 Å². The molecule has 0 aromatic carbocycles. The van der Waals surface area contributed by atoms with E-state index in [4.69, 9.17) is 5.73 Å². The Labute approximate surface area is 111 Å². The van der Waals surface area contributed by atoms with Crippen LogP contribution in [0.3, 0.4) is 0 Å². The van der Waals surface area contributed by atoms with Gasteiger partial charge in [0.15, 0.2) is 0 Å². The molecule has 0 radical (unpaired) electrons. The van der Waals surface area contributed by atoms with Gasteiger partial charge in [0.2, 0.25) is 5.91 Å². The van der Waals surface area contributed by atoms with Crippen molar-refractivity contribution in [3.63, 3.8) is 0 Å². The van der Waals surface area contributed by atoms with Gasteiger partial charge < -0.3 is 11.1 Å². The predicted molar refractivity (Wildman–Crippen MR) is 74.1 cm³/mol. The van der Waals surface area contributed by atoms with Gasteiger partial charge in [0.05, 0.1) is 0 Å². The number of hydrogen-bond acceptors (Lipinski definition) is 2. The average Bonchev–Trinajstić information content (AvgIpc) is 2.77. The van der Waals surface area contributed by atoms with E-state index in [0.717, 1.165) is 12.8 Å². The summed E-state index contributed by atoms with van der Waals surface area (Å²) in [5, 5.41) is 3.24. The lowest BCUT2D eigenvalue weighted by Crippen LogP contribution is -2.46. The highest BCUT2D eigenvalue weighted by Crippen LogP contribution is 2.28. The second-order valence-corrected chi connectivity index (χ2v) is 6.08. The summed E-state index contributed by atoms with van der Waals surface area (Å²) in [6.45, 7) is 0.600. The summed E-state index contributed by atoms with van der Waals surface area (Å²) in [5.74, 6) is 1.16. The SMILES string of the molecule is NCC(NC(=O)C1CCCCCC1)C1CCCC1. The third-order valence-corrected chi connectivity index (χ3v) is 4.78. The van der Waals surface area contributed by atoms with Crippen LogP contribution in [0, 0.1) is 11.8 Å². The summed E-state index contributed by atoms with van der Waals surface area (Å²) < 4.78 is 0. The van der Waals surface area contributed by atoms with E-state index in [1.165, 1.54) is 51.4 Å². The lowest BCUT2D eigenvalue weighted by Gasteiger charge is -2.25. The first-order valence-electron chi connectivity index (χ1n) is 7.81. The highest BCUT2D eigenvalue weighted by atomic mass is 16.1. The number of amides is 1. The van der Waals surface area contributed by atoms with E-state index in [-0.39, 0.29) is 17.9 Å². The Morgan fingerprint density at radius 2 is 1.56 bits per heavy atom. The molecule has 2 aliphatic rings. The minimum atomic E-state index is 0.225. The van der Waals surface area contributed by atoms with Crippen LogP contribution < -0.4 is 11.1 Å². The Morgan fingerprint density at radius 1 is 1.00 bits per heavy atom. The van der Waals surface area contributed by atoms with Crippen molar-refractivity contribution in [3.05, 3.63) is 0 Å². The molecule has 1 amide bonds. The molecular formula is C15H28N2O. The monoisotopic (exact) mass is 252 g/mol. The number of carbonyl (C=O) groups is 1. The molecule has 0 aromatic heterocycles. The van der Waals surface area contributed by atoms with E-state index in [1.807, 2.05) is 0 Å². The number of rotatable bonds is 4. The zero-order valence-electron chi connectivity index (χ0n) is 11.5.